The Morgan fingerprint density at radius 3 is 2.89 bits per heavy atom. The lowest BCUT2D eigenvalue weighted by Crippen LogP contribution is -2.44. The highest BCUT2D eigenvalue weighted by Gasteiger charge is 2.17. The van der Waals surface area contributed by atoms with E-state index in [0.717, 1.165) is 8.04 Å². The second-order valence-electron chi connectivity index (χ2n) is 3.58. The Bertz CT molecular complexity index is 479. The number of rotatable bonds is 4. The van der Waals surface area contributed by atoms with Crippen LogP contribution in [0.4, 0.5) is 0 Å². The van der Waals surface area contributed by atoms with Crippen LogP contribution in [0.1, 0.15) is 23.7 Å². The molecule has 0 saturated carbocycles. The van der Waals surface area contributed by atoms with Gasteiger partial charge in [0.15, 0.2) is 5.84 Å². The molecule has 0 heterocycles. The van der Waals surface area contributed by atoms with Gasteiger partial charge in [-0.25, -0.2) is 0 Å². The fourth-order valence-electron chi connectivity index (χ4n) is 1.36. The quantitative estimate of drug-likeness (QED) is 0.227. The number of nitrogens with one attached hydrogen (secondary N) is 1. The Hall–Kier alpha value is -0.830. The lowest BCUT2D eigenvalue weighted by Gasteiger charge is -2.16. The maximum absolute atomic E-state index is 12.1. The van der Waals surface area contributed by atoms with E-state index < -0.39 is 6.04 Å². The number of nitrogens with two attached hydrogens (primary N) is 1. The zero-order chi connectivity index (χ0) is 13.7. The minimum atomic E-state index is -0.475. The summed E-state index contributed by atoms with van der Waals surface area (Å²) in [4.78, 5) is 12.1. The van der Waals surface area contributed by atoms with Crippen molar-refractivity contribution in [2.24, 2.45) is 10.9 Å². The first-order chi connectivity index (χ1) is 8.49. The highest BCUT2D eigenvalue weighted by molar-refractivity contribution is 14.1. The molecule has 98 valence electrons. The molecule has 4 N–H and O–H groups in total. The largest absolute Gasteiger partial charge is 0.409 e. The summed E-state index contributed by atoms with van der Waals surface area (Å²) in [5.74, 6) is -0.255. The summed E-state index contributed by atoms with van der Waals surface area (Å²) < 4.78 is 1.66. The van der Waals surface area contributed by atoms with Crippen molar-refractivity contribution in [1.82, 2.24) is 5.32 Å². The molecular formula is C11H13BrIN3O2. The Kier molecular flexibility index (Phi) is 5.86. The third-order valence-electron chi connectivity index (χ3n) is 2.36. The van der Waals surface area contributed by atoms with E-state index in [0.29, 0.717) is 12.0 Å². The number of carbonyl (C=O) groups is 1. The minimum absolute atomic E-state index is 0.00384. The van der Waals surface area contributed by atoms with Crippen LogP contribution in [-0.2, 0) is 0 Å². The molecule has 0 spiro atoms. The average molecular weight is 426 g/mol. The summed E-state index contributed by atoms with van der Waals surface area (Å²) >= 11 is 5.40. The van der Waals surface area contributed by atoms with E-state index in [-0.39, 0.29) is 11.7 Å². The van der Waals surface area contributed by atoms with Crippen molar-refractivity contribution in [3.05, 3.63) is 31.8 Å². The van der Waals surface area contributed by atoms with Crippen LogP contribution in [0.15, 0.2) is 27.8 Å². The van der Waals surface area contributed by atoms with E-state index in [2.05, 4.69) is 49.0 Å². The summed E-state index contributed by atoms with van der Waals surface area (Å²) in [5.41, 5.74) is 6.05. The van der Waals surface area contributed by atoms with Gasteiger partial charge in [0.25, 0.3) is 5.91 Å². The minimum Gasteiger partial charge on any atom is -0.409 e. The number of oxime groups is 1. The van der Waals surface area contributed by atoms with Crippen molar-refractivity contribution in [3.8, 4) is 0 Å². The van der Waals surface area contributed by atoms with Crippen LogP contribution in [0.25, 0.3) is 0 Å². The summed E-state index contributed by atoms with van der Waals surface area (Å²) in [6.45, 7) is 1.84. The van der Waals surface area contributed by atoms with E-state index in [4.69, 9.17) is 10.9 Å². The molecule has 1 rings (SSSR count). The van der Waals surface area contributed by atoms with Gasteiger partial charge in [-0.1, -0.05) is 28.0 Å². The fraction of sp³-hybridized carbons (Fsp3) is 0.273. The molecule has 0 aliphatic rings. The topological polar surface area (TPSA) is 87.7 Å². The zero-order valence-corrected chi connectivity index (χ0v) is 13.4. The summed E-state index contributed by atoms with van der Waals surface area (Å²) in [6.07, 6.45) is 0.548. The highest BCUT2D eigenvalue weighted by atomic mass is 127. The van der Waals surface area contributed by atoms with Gasteiger partial charge in [-0.15, -0.1) is 0 Å². The molecule has 1 atom stereocenters. The molecule has 0 fully saturated rings. The Morgan fingerprint density at radius 1 is 1.67 bits per heavy atom. The van der Waals surface area contributed by atoms with Gasteiger partial charge in [-0.2, -0.15) is 0 Å². The van der Waals surface area contributed by atoms with Gasteiger partial charge >= 0.3 is 0 Å². The van der Waals surface area contributed by atoms with Crippen LogP contribution in [0, 0.1) is 3.57 Å². The van der Waals surface area contributed by atoms with Crippen LogP contribution in [-0.4, -0.2) is 23.0 Å². The third kappa shape index (κ3) is 3.84. The number of halogens is 2. The molecular weight excluding hydrogens is 413 g/mol. The Labute approximate surface area is 127 Å². The average Bonchev–Trinajstić information content (AvgIpc) is 2.37. The lowest BCUT2D eigenvalue weighted by atomic mass is 10.1. The number of amides is 1. The second-order valence-corrected chi connectivity index (χ2v) is 5.66. The predicted octanol–water partition coefficient (Wildman–Crippen LogP) is 2.31. The molecule has 0 aromatic heterocycles. The van der Waals surface area contributed by atoms with Crippen molar-refractivity contribution >= 4 is 50.3 Å². The highest BCUT2D eigenvalue weighted by Crippen LogP contribution is 2.18. The SMILES string of the molecule is CCC(NC(=O)c1cc(Br)ccc1I)/C(N)=N/O. The molecule has 0 radical (unpaired) electrons. The second kappa shape index (κ2) is 6.93. The first-order valence-corrected chi connectivity index (χ1v) is 7.10. The van der Waals surface area contributed by atoms with E-state index in [1.54, 1.807) is 6.07 Å². The first kappa shape index (κ1) is 15.2. The van der Waals surface area contributed by atoms with E-state index in [1.807, 2.05) is 19.1 Å². The number of nitrogens with zero attached hydrogens (tertiary/aromatic N) is 1. The normalized spacial score (nSPS) is 13.2. The predicted molar refractivity (Wildman–Crippen MR) is 81.8 cm³/mol. The maximum Gasteiger partial charge on any atom is 0.252 e. The van der Waals surface area contributed by atoms with E-state index in [9.17, 15) is 4.79 Å². The van der Waals surface area contributed by atoms with Gasteiger partial charge in [0.1, 0.15) is 0 Å². The number of carbonyl (C=O) groups excluding carboxylic acids is 1. The zero-order valence-electron chi connectivity index (χ0n) is 9.65. The van der Waals surface area contributed by atoms with E-state index in [1.165, 1.54) is 0 Å². The van der Waals surface area contributed by atoms with E-state index >= 15 is 0 Å². The summed E-state index contributed by atoms with van der Waals surface area (Å²) in [7, 11) is 0. The first-order valence-electron chi connectivity index (χ1n) is 5.23. The molecule has 0 aliphatic heterocycles. The van der Waals surface area contributed by atoms with Gasteiger partial charge in [0.2, 0.25) is 0 Å². The lowest BCUT2D eigenvalue weighted by molar-refractivity contribution is 0.0944. The molecule has 0 bridgehead atoms. The molecule has 0 aliphatic carbocycles. The Morgan fingerprint density at radius 2 is 2.33 bits per heavy atom. The molecule has 1 aromatic rings. The van der Waals surface area contributed by atoms with Crippen LogP contribution >= 0.6 is 38.5 Å². The monoisotopic (exact) mass is 425 g/mol. The van der Waals surface area contributed by atoms with Crippen LogP contribution < -0.4 is 11.1 Å². The van der Waals surface area contributed by atoms with Gasteiger partial charge in [-0.3, -0.25) is 4.79 Å². The number of hydrogen-bond donors (Lipinski definition) is 3. The maximum atomic E-state index is 12.1. The van der Waals surface area contributed by atoms with Gasteiger partial charge in [-0.05, 0) is 47.2 Å². The molecule has 1 aromatic carbocycles. The van der Waals surface area contributed by atoms with Gasteiger partial charge in [0.05, 0.1) is 11.6 Å². The molecule has 7 heteroatoms. The number of amidine groups is 1. The van der Waals surface area contributed by atoms with Gasteiger partial charge in [0, 0.05) is 8.04 Å². The molecule has 0 saturated heterocycles. The van der Waals surface area contributed by atoms with Crippen molar-refractivity contribution in [2.75, 3.05) is 0 Å². The van der Waals surface area contributed by atoms with Crippen LogP contribution in [0.3, 0.4) is 0 Å². The number of benzene rings is 1. The molecule has 18 heavy (non-hydrogen) atoms. The molecule has 1 unspecified atom stereocenters. The van der Waals surface area contributed by atoms with Crippen molar-refractivity contribution in [2.45, 2.75) is 19.4 Å². The summed E-state index contributed by atoms with van der Waals surface area (Å²) in [5, 5.41) is 14.3. The molecule has 1 amide bonds. The van der Waals surface area contributed by atoms with Crippen molar-refractivity contribution in [1.29, 1.82) is 0 Å². The third-order valence-corrected chi connectivity index (χ3v) is 3.79. The summed E-state index contributed by atoms with van der Waals surface area (Å²) in [6, 6.07) is 4.96. The van der Waals surface area contributed by atoms with Crippen LogP contribution in [0.5, 0.6) is 0 Å². The van der Waals surface area contributed by atoms with Crippen LogP contribution in [0.2, 0.25) is 0 Å². The van der Waals surface area contributed by atoms with Gasteiger partial charge < -0.3 is 16.3 Å². The van der Waals surface area contributed by atoms with Crippen molar-refractivity contribution < 1.29 is 10.0 Å². The molecule has 5 nitrogen and oxygen atoms in total. The van der Waals surface area contributed by atoms with Crippen molar-refractivity contribution in [3.63, 3.8) is 0 Å². The standard InChI is InChI=1S/C11H13BrIN3O2/c1-2-9(10(14)16-18)15-11(17)7-5-6(12)3-4-8(7)13/h3-5,9,18H,2H2,1H3,(H2,14,16)(H,15,17). The Balaban J connectivity index is 2.91. The smallest absolute Gasteiger partial charge is 0.252 e. The fourth-order valence-corrected chi connectivity index (χ4v) is 2.30. The number of hydrogen-bond acceptors (Lipinski definition) is 3.